The number of aliphatic hydroxyl groups is 2. The van der Waals surface area contributed by atoms with Gasteiger partial charge in [-0.2, -0.15) is 0 Å². The molecule has 1 aromatic carbocycles. The first-order chi connectivity index (χ1) is 14.6. The molecule has 31 heavy (non-hydrogen) atoms. The first kappa shape index (κ1) is 20.3. The highest BCUT2D eigenvalue weighted by Crippen LogP contribution is 2.51. The molecule has 164 valence electrons. The summed E-state index contributed by atoms with van der Waals surface area (Å²) in [6, 6.07) is 1.51. The van der Waals surface area contributed by atoms with Crippen molar-refractivity contribution in [1.82, 2.24) is 0 Å². The number of phenolic OH excluding ortho intramolecular Hbond substituents is 1. The van der Waals surface area contributed by atoms with Crippen LogP contribution in [0.5, 0.6) is 5.75 Å². The fraction of sp³-hybridized carbons (Fsp3) is 0.500. The Balaban J connectivity index is 1.68. The van der Waals surface area contributed by atoms with Gasteiger partial charge in [0.1, 0.15) is 11.4 Å². The van der Waals surface area contributed by atoms with Crippen molar-refractivity contribution in [2.75, 3.05) is 0 Å². The third kappa shape index (κ3) is 2.54. The molecule has 6 rings (SSSR count). The summed E-state index contributed by atoms with van der Waals surface area (Å²) in [6.07, 6.45) is -4.44. The molecule has 9 nitrogen and oxygen atoms in total. The number of carbonyl (C=O) groups is 3. The number of hydrogen-bond donors (Lipinski definition) is 4. The molecular weight excluding hydrogens is 408 g/mol. The highest BCUT2D eigenvalue weighted by Gasteiger charge is 2.62. The van der Waals surface area contributed by atoms with E-state index >= 15 is 0 Å². The van der Waals surface area contributed by atoms with Crippen LogP contribution in [0, 0.1) is 0 Å². The van der Waals surface area contributed by atoms with Crippen LogP contribution >= 0.6 is 0 Å². The number of hydrogen-bond acceptors (Lipinski definition) is 8. The Morgan fingerprint density at radius 2 is 1.94 bits per heavy atom. The second-order valence-corrected chi connectivity index (χ2v) is 8.71. The van der Waals surface area contributed by atoms with Crippen molar-refractivity contribution in [3.63, 3.8) is 0 Å². The molecule has 5 aliphatic rings. The lowest BCUT2D eigenvalue weighted by Crippen LogP contribution is -2.66. The number of carbonyl (C=O) groups excluding carboxylic acids is 2. The molecule has 0 amide bonds. The van der Waals surface area contributed by atoms with Gasteiger partial charge in [-0.05, 0) is 31.9 Å². The van der Waals surface area contributed by atoms with E-state index in [4.69, 9.17) is 14.6 Å². The number of aliphatic hydroxyl groups excluding tert-OH is 1. The summed E-state index contributed by atoms with van der Waals surface area (Å²) < 4.78 is 11.4. The van der Waals surface area contributed by atoms with Crippen molar-refractivity contribution in [2.24, 2.45) is 0 Å². The maximum atomic E-state index is 13.5. The summed E-state index contributed by atoms with van der Waals surface area (Å²) in [5.74, 6) is -2.70. The summed E-state index contributed by atoms with van der Waals surface area (Å²) in [7, 11) is 0. The Morgan fingerprint density at radius 1 is 1.23 bits per heavy atom. The normalized spacial score (nSPS) is 36.2. The zero-order valence-electron chi connectivity index (χ0n) is 16.9. The molecule has 0 aromatic heterocycles. The molecule has 0 radical (unpaired) electrons. The highest BCUT2D eigenvalue weighted by molar-refractivity contribution is 6.29. The molecule has 3 aliphatic heterocycles. The molecule has 1 saturated heterocycles. The predicted octanol–water partition coefficient (Wildman–Crippen LogP) is 0.828. The Morgan fingerprint density at radius 3 is 2.58 bits per heavy atom. The number of carboxylic acid groups (broad SMARTS) is 1. The molecule has 2 bridgehead atoms. The van der Waals surface area contributed by atoms with Crippen molar-refractivity contribution in [1.29, 1.82) is 0 Å². The van der Waals surface area contributed by atoms with Gasteiger partial charge in [0.05, 0.1) is 42.5 Å². The Kier molecular flexibility index (Phi) is 4.23. The van der Waals surface area contributed by atoms with Crippen LogP contribution in [0.4, 0.5) is 0 Å². The van der Waals surface area contributed by atoms with E-state index in [-0.39, 0.29) is 41.5 Å². The quantitative estimate of drug-likeness (QED) is 0.535. The summed E-state index contributed by atoms with van der Waals surface area (Å²) in [4.78, 5) is 38.0. The topological polar surface area (TPSA) is 151 Å². The smallest absolute Gasteiger partial charge is 0.305 e. The first-order valence-corrected chi connectivity index (χ1v) is 10.2. The molecule has 1 fully saturated rings. The summed E-state index contributed by atoms with van der Waals surface area (Å²) >= 11 is 0. The van der Waals surface area contributed by atoms with Gasteiger partial charge in [-0.3, -0.25) is 14.4 Å². The van der Waals surface area contributed by atoms with E-state index in [1.165, 1.54) is 13.0 Å². The van der Waals surface area contributed by atoms with Crippen LogP contribution in [0.3, 0.4) is 0 Å². The number of carboxylic acids is 1. The number of ketones is 2. The molecule has 1 aromatic rings. The van der Waals surface area contributed by atoms with Gasteiger partial charge in [-0.1, -0.05) is 0 Å². The largest absolute Gasteiger partial charge is 0.507 e. The van der Waals surface area contributed by atoms with Crippen molar-refractivity contribution in [3.8, 4) is 5.75 Å². The minimum absolute atomic E-state index is 0.00920. The predicted molar refractivity (Wildman–Crippen MR) is 103 cm³/mol. The third-order valence-corrected chi connectivity index (χ3v) is 6.95. The number of phenols is 1. The summed E-state index contributed by atoms with van der Waals surface area (Å²) in [5, 5.41) is 41.8. The third-order valence-electron chi connectivity index (χ3n) is 6.95. The molecule has 0 spiro atoms. The summed E-state index contributed by atoms with van der Waals surface area (Å²) in [6.45, 7) is 3.16. The average molecular weight is 430 g/mol. The van der Waals surface area contributed by atoms with Crippen molar-refractivity contribution < 1.29 is 44.3 Å². The number of aromatic hydroxyl groups is 1. The van der Waals surface area contributed by atoms with E-state index in [9.17, 15) is 29.7 Å². The van der Waals surface area contributed by atoms with Crippen LogP contribution in [-0.4, -0.2) is 68.0 Å². The van der Waals surface area contributed by atoms with Gasteiger partial charge in [0, 0.05) is 28.7 Å². The molecular formula is C22H22O9. The van der Waals surface area contributed by atoms with E-state index < -0.39 is 59.4 Å². The molecule has 2 aliphatic carbocycles. The van der Waals surface area contributed by atoms with Crippen LogP contribution in [-0.2, 0) is 20.7 Å². The molecule has 9 heteroatoms. The lowest BCUT2D eigenvalue weighted by Gasteiger charge is -2.52. The van der Waals surface area contributed by atoms with Gasteiger partial charge in [-0.25, -0.2) is 0 Å². The van der Waals surface area contributed by atoms with Gasteiger partial charge in [0.2, 0.25) is 0 Å². The SMILES string of the molecule is C[C@@H]1O[C@@H](CC(=O)O)Cc2cc3c(c(O)c21)C(=O)C1=C(C3=O)[C@H]2C[C@@H](O)[C@]1(O)[C@@H](C)O2. The van der Waals surface area contributed by atoms with Gasteiger partial charge in [-0.15, -0.1) is 0 Å². The van der Waals surface area contributed by atoms with Crippen LogP contribution < -0.4 is 0 Å². The van der Waals surface area contributed by atoms with Crippen LogP contribution in [0.15, 0.2) is 17.2 Å². The zero-order valence-corrected chi connectivity index (χ0v) is 16.9. The monoisotopic (exact) mass is 430 g/mol. The van der Waals surface area contributed by atoms with E-state index in [1.807, 2.05) is 0 Å². The number of benzene rings is 1. The molecule has 0 unspecified atom stereocenters. The van der Waals surface area contributed by atoms with Gasteiger partial charge >= 0.3 is 5.97 Å². The van der Waals surface area contributed by atoms with Gasteiger partial charge in [0.25, 0.3) is 0 Å². The second-order valence-electron chi connectivity index (χ2n) is 8.71. The van der Waals surface area contributed by atoms with E-state index in [0.717, 1.165) is 0 Å². The molecule has 6 atom stereocenters. The van der Waals surface area contributed by atoms with E-state index in [1.54, 1.807) is 6.92 Å². The number of rotatable bonds is 2. The fourth-order valence-electron chi connectivity index (χ4n) is 5.56. The Bertz CT molecular complexity index is 1070. The summed E-state index contributed by atoms with van der Waals surface area (Å²) in [5.41, 5.74) is -1.62. The Labute approximate surface area is 176 Å². The zero-order chi connectivity index (χ0) is 22.4. The fourth-order valence-corrected chi connectivity index (χ4v) is 5.56. The maximum Gasteiger partial charge on any atom is 0.305 e. The number of fused-ring (bicyclic) bond motifs is 4. The minimum Gasteiger partial charge on any atom is -0.507 e. The maximum absolute atomic E-state index is 13.5. The van der Waals surface area contributed by atoms with E-state index in [2.05, 4.69) is 0 Å². The van der Waals surface area contributed by atoms with Crippen LogP contribution in [0.2, 0.25) is 0 Å². The molecule has 0 saturated carbocycles. The van der Waals surface area contributed by atoms with Crippen molar-refractivity contribution in [3.05, 3.63) is 39.5 Å². The second kappa shape index (κ2) is 6.46. The van der Waals surface area contributed by atoms with Gasteiger partial charge in [0.15, 0.2) is 11.6 Å². The van der Waals surface area contributed by atoms with Crippen molar-refractivity contribution >= 4 is 17.5 Å². The lowest BCUT2D eigenvalue weighted by atomic mass is 9.63. The standard InChI is InChI=1S/C22H22O9/c1-7-15-9(3-10(30-7)5-14(24)25)4-11-16(20(15)27)21(28)18-17(19(11)26)12-6-13(23)22(18,29)8(2)31-12/h4,7-8,10,12-13,23,27,29H,3,5-6H2,1-2H3,(H,24,25)/t7-,8+,10+,12+,13+,22+/m0/s1. The van der Waals surface area contributed by atoms with Crippen LogP contribution in [0.1, 0.15) is 64.6 Å². The molecule has 3 heterocycles. The average Bonchev–Trinajstić information content (AvgIpc) is 2.66. The van der Waals surface area contributed by atoms with Gasteiger partial charge < -0.3 is 29.9 Å². The number of aliphatic carboxylic acids is 1. The Hall–Kier alpha value is -2.59. The highest BCUT2D eigenvalue weighted by atomic mass is 16.5. The lowest BCUT2D eigenvalue weighted by molar-refractivity contribution is -0.207. The van der Waals surface area contributed by atoms with Crippen molar-refractivity contribution in [2.45, 2.75) is 69.2 Å². The number of Topliss-reactive ketones (excluding diaryl/α,β-unsaturated/α-hetero) is 2. The number of ether oxygens (including phenoxy) is 2. The molecule has 4 N–H and O–H groups in total. The first-order valence-electron chi connectivity index (χ1n) is 10.2. The van der Waals surface area contributed by atoms with E-state index in [0.29, 0.717) is 11.1 Å². The minimum atomic E-state index is -2.05. The van der Waals surface area contributed by atoms with Crippen LogP contribution in [0.25, 0.3) is 0 Å².